The van der Waals surface area contributed by atoms with Crippen LogP contribution in [-0.4, -0.2) is 178 Å². The average molecular weight is 1310 g/mol. The molecule has 3 aliphatic heterocycles. The molecule has 12 N–H and O–H groups in total. The summed E-state index contributed by atoms with van der Waals surface area (Å²) in [5, 5.41) is 31.7. The molecular weight excluding hydrogens is 1220 g/mol. The number of rotatable bonds is 26. The molecular formula is C64H83FN14O13S. The van der Waals surface area contributed by atoms with Crippen molar-refractivity contribution in [3.63, 3.8) is 0 Å². The molecule has 9 atom stereocenters. The molecule has 2 aromatic heterocycles. The fourth-order valence-electron chi connectivity index (χ4n) is 11.5. The molecule has 8 rings (SSSR count). The van der Waals surface area contributed by atoms with Gasteiger partial charge in [-0.05, 0) is 79.8 Å². The number of aryl methyl sites for hydroxylation is 2. The summed E-state index contributed by atoms with van der Waals surface area (Å²) in [7, 11) is 1.83. The molecule has 0 unspecified atom stereocenters. The number of amides is 10. The lowest BCUT2D eigenvalue weighted by atomic mass is 9.89. The van der Waals surface area contributed by atoms with E-state index in [0.717, 1.165) is 35.9 Å². The first-order chi connectivity index (χ1) is 44.8. The second-order valence-electron chi connectivity index (χ2n) is 23.5. The van der Waals surface area contributed by atoms with Gasteiger partial charge < -0.3 is 72.8 Å². The number of ketones is 1. The van der Waals surface area contributed by atoms with E-state index in [1.165, 1.54) is 35.1 Å². The highest BCUT2D eigenvalue weighted by atomic mass is 32.2. The first kappa shape index (κ1) is 70.1. The average Bonchev–Trinajstić information content (AvgIpc) is 1.74. The lowest BCUT2D eigenvalue weighted by molar-refractivity contribution is -0.136. The van der Waals surface area contributed by atoms with Crippen LogP contribution in [0.5, 0.6) is 0 Å². The van der Waals surface area contributed by atoms with E-state index in [4.69, 9.17) is 25.7 Å². The Bertz CT molecular complexity index is 3390. The maximum absolute atomic E-state index is 15.1. The van der Waals surface area contributed by atoms with Crippen molar-refractivity contribution in [2.24, 2.45) is 24.4 Å². The molecule has 2 fully saturated rings. The number of aromatic nitrogens is 4. The van der Waals surface area contributed by atoms with Gasteiger partial charge in [-0.1, -0.05) is 72.3 Å². The zero-order valence-electron chi connectivity index (χ0n) is 51.9. The number of carbonyl (C=O) groups is 10. The molecule has 500 valence electrons. The van der Waals surface area contributed by atoms with Crippen LogP contribution in [0.4, 0.5) is 9.18 Å². The maximum Gasteiger partial charge on any atom is 0.315 e. The Morgan fingerprint density at radius 1 is 0.699 bits per heavy atom. The lowest BCUT2D eigenvalue weighted by Crippen LogP contribution is -2.57. The minimum Gasteiger partial charge on any atom is -0.377 e. The molecule has 5 aromatic rings. The van der Waals surface area contributed by atoms with Crippen LogP contribution in [0.1, 0.15) is 80.2 Å². The van der Waals surface area contributed by atoms with E-state index in [-0.39, 0.29) is 101 Å². The number of hydrogen-bond donors (Lipinski definition) is 10. The molecule has 5 heterocycles. The van der Waals surface area contributed by atoms with Gasteiger partial charge in [0.1, 0.15) is 36.6 Å². The van der Waals surface area contributed by atoms with E-state index in [2.05, 4.69) is 52.8 Å². The number of ether oxygens (including phenoxy) is 3. The van der Waals surface area contributed by atoms with Gasteiger partial charge in [0, 0.05) is 86.0 Å². The van der Waals surface area contributed by atoms with Crippen molar-refractivity contribution in [1.29, 1.82) is 0 Å². The first-order valence-electron chi connectivity index (χ1n) is 31.4. The number of nitrogens with zero attached hydrogens (tertiary/aromatic N) is 4. The Balaban J connectivity index is 0.924. The summed E-state index contributed by atoms with van der Waals surface area (Å²) in [4.78, 5) is 137. The zero-order chi connectivity index (χ0) is 66.2. The van der Waals surface area contributed by atoms with Crippen molar-refractivity contribution >= 4 is 81.7 Å². The van der Waals surface area contributed by atoms with Gasteiger partial charge >= 0.3 is 6.03 Å². The van der Waals surface area contributed by atoms with Gasteiger partial charge in [0.05, 0.1) is 63.3 Å². The lowest BCUT2D eigenvalue weighted by Gasteiger charge is -2.27. The molecule has 3 aliphatic rings. The van der Waals surface area contributed by atoms with Crippen LogP contribution in [-0.2, 0) is 96.6 Å². The van der Waals surface area contributed by atoms with E-state index in [0.29, 0.717) is 47.7 Å². The predicted octanol–water partition coefficient (Wildman–Crippen LogP) is 0.615. The van der Waals surface area contributed by atoms with Crippen LogP contribution >= 0.6 is 11.8 Å². The van der Waals surface area contributed by atoms with Gasteiger partial charge in [0.15, 0.2) is 5.78 Å². The van der Waals surface area contributed by atoms with Gasteiger partial charge in [-0.25, -0.2) is 9.18 Å². The molecule has 2 saturated heterocycles. The fraction of sp³-hybridized carbons (Fsp3) is 0.500. The molecule has 0 aliphatic carbocycles. The number of primary amides is 2. The smallest absolute Gasteiger partial charge is 0.315 e. The van der Waals surface area contributed by atoms with Crippen molar-refractivity contribution in [3.8, 4) is 0 Å². The van der Waals surface area contributed by atoms with Crippen molar-refractivity contribution in [3.05, 3.63) is 119 Å². The zero-order valence-corrected chi connectivity index (χ0v) is 52.8. The number of Topliss-reactive ketones (excluding diaryl/α,β-unsaturated/α-hetero) is 1. The fourth-order valence-corrected chi connectivity index (χ4v) is 13.1. The van der Waals surface area contributed by atoms with Gasteiger partial charge in [-0.2, -0.15) is 11.8 Å². The van der Waals surface area contributed by atoms with E-state index >= 15 is 4.79 Å². The third-order valence-corrected chi connectivity index (χ3v) is 17.9. The number of fused-ring (bicyclic) bond motifs is 4. The summed E-state index contributed by atoms with van der Waals surface area (Å²) in [5.41, 5.74) is 14.4. The van der Waals surface area contributed by atoms with Crippen molar-refractivity contribution < 1.29 is 66.5 Å². The van der Waals surface area contributed by atoms with Gasteiger partial charge in [0.2, 0.25) is 47.3 Å². The number of hydrogen-bond acceptors (Lipinski definition) is 16. The van der Waals surface area contributed by atoms with Crippen LogP contribution in [0.2, 0.25) is 0 Å². The normalized spacial score (nSPS) is 22.7. The summed E-state index contributed by atoms with van der Waals surface area (Å²) < 4.78 is 34.2. The number of nitrogens with one attached hydrogen (secondary N) is 8. The second-order valence-corrected chi connectivity index (χ2v) is 24.8. The Labute approximate surface area is 541 Å². The molecule has 93 heavy (non-hydrogen) atoms. The third kappa shape index (κ3) is 21.9. The summed E-state index contributed by atoms with van der Waals surface area (Å²) in [6.45, 7) is 0.796. The quantitative estimate of drug-likeness (QED) is 0.0268. The van der Waals surface area contributed by atoms with E-state index in [9.17, 15) is 47.5 Å². The van der Waals surface area contributed by atoms with E-state index in [1.54, 1.807) is 30.3 Å². The van der Waals surface area contributed by atoms with Crippen LogP contribution in [0.3, 0.4) is 0 Å². The highest BCUT2D eigenvalue weighted by Gasteiger charge is 2.43. The number of thioether (sulfide) groups is 1. The number of halogens is 1. The highest BCUT2D eigenvalue weighted by molar-refractivity contribution is 8.00. The van der Waals surface area contributed by atoms with Crippen molar-refractivity contribution in [2.45, 2.75) is 138 Å². The summed E-state index contributed by atoms with van der Waals surface area (Å²) in [6.07, 6.45) is 5.24. The number of para-hydroxylation sites is 1. The summed E-state index contributed by atoms with van der Waals surface area (Å²) in [5.74, 6) is -7.58. The van der Waals surface area contributed by atoms with Gasteiger partial charge in [0.25, 0.3) is 0 Å². The molecule has 10 amide bonds. The molecule has 27 nitrogen and oxygen atoms in total. The van der Waals surface area contributed by atoms with E-state index in [1.807, 2.05) is 53.8 Å². The Morgan fingerprint density at radius 2 is 1.39 bits per heavy atom. The van der Waals surface area contributed by atoms with Crippen LogP contribution in [0.15, 0.2) is 91.3 Å². The maximum atomic E-state index is 15.1. The minimum absolute atomic E-state index is 0.0240. The largest absolute Gasteiger partial charge is 0.377 e. The second kappa shape index (κ2) is 35.3. The monoisotopic (exact) mass is 1310 g/mol. The van der Waals surface area contributed by atoms with Gasteiger partial charge in [-0.15, -0.1) is 5.10 Å². The van der Waals surface area contributed by atoms with E-state index < -0.39 is 109 Å². The topological polar surface area (TPSA) is 382 Å². The van der Waals surface area contributed by atoms with Gasteiger partial charge in [-0.3, -0.25) is 47.8 Å². The summed E-state index contributed by atoms with van der Waals surface area (Å²) >= 11 is 1.85. The Hall–Kier alpha value is -8.80. The first-order valence-corrected chi connectivity index (χ1v) is 32.4. The number of unbranched alkanes of at least 4 members (excludes halogenated alkanes) is 1. The molecule has 0 radical (unpaired) electrons. The highest BCUT2D eigenvalue weighted by Crippen LogP contribution is 2.33. The molecule has 3 aromatic carbocycles. The molecule has 0 saturated carbocycles. The van der Waals surface area contributed by atoms with Crippen LogP contribution < -0.4 is 54.0 Å². The van der Waals surface area contributed by atoms with Crippen LogP contribution in [0.25, 0.3) is 10.9 Å². The number of urea groups is 1. The number of carbonyl (C=O) groups excluding carboxylic acids is 10. The SMILES string of the molecule is Cn1cc(C[C@@H]2CC(=O)[C@@H](Cc3ccccc3)NC(=O)[C@@H](CC(N)=O)NC(=O)[C@@H](NC(=O)COCCOCCOCCNC(=O)CCCC[C@H]3SC[C@H]4NC(=O)N[C@H]43)Cc3cn(nn3)CCCC[C@@H](C(N)=O)NC(=O)[C@H](Cc3ccc(F)cc3)NC2=O)c2ccccc21. The predicted molar refractivity (Wildman–Crippen MR) is 340 cm³/mol. The number of nitrogens with two attached hydrogens (primary N) is 2. The standard InChI is InChI=1S/C64H83FN14O13S/c1-78-35-42(45-13-5-6-15-52(45)78)31-41-32-53(80)47(29-39-11-3-2-4-12-39)71-63(88)50(34-55(66)81)73-62(87)49(69-57(83)37-92-28-27-91-26-25-90-24-22-68-56(82)17-8-7-16-54-58-51(38-93-54)74-64(89)75-58)33-44-36-79(77-76-44)23-10-9-14-46(59(67)84)70-61(86)48(72-60(41)85)30-40-18-20-43(65)21-19-40/h2-6,11-13,15,18-21,35-36,41,46-51,54,58H,7-10,14,16-17,22-34,37-38H2,1H3,(H2,66,81)(H2,67,84)(H,68,82)(H,69,83)(H,70,86)(H,71,88)(H,72,85)(H,73,87)(H2,74,75,89)/t41-,46+,47-,48+,49+,50-,51-,54-,58-/m1/s1. The summed E-state index contributed by atoms with van der Waals surface area (Å²) in [6, 6.07) is 14.5. The van der Waals surface area contributed by atoms with Crippen molar-refractivity contribution in [1.82, 2.24) is 62.1 Å². The van der Waals surface area contributed by atoms with Crippen LogP contribution in [0, 0.1) is 11.7 Å². The number of benzene rings is 3. The minimum atomic E-state index is -1.70. The third-order valence-electron chi connectivity index (χ3n) is 16.3. The van der Waals surface area contributed by atoms with Crippen molar-refractivity contribution in [2.75, 3.05) is 51.9 Å². The molecule has 29 heteroatoms. The molecule has 0 spiro atoms. The molecule has 2 bridgehead atoms. The Morgan fingerprint density at radius 3 is 2.15 bits per heavy atom. The Kier molecular flexibility index (Phi) is 26.6.